The lowest BCUT2D eigenvalue weighted by molar-refractivity contribution is -0.117. The molecule has 3 aromatic carbocycles. The van der Waals surface area contributed by atoms with E-state index < -0.39 is 0 Å². The van der Waals surface area contributed by atoms with Crippen molar-refractivity contribution in [3.8, 4) is 11.3 Å². The normalized spacial score (nSPS) is 23.5. The molecule has 4 atom stereocenters. The van der Waals surface area contributed by atoms with Crippen molar-refractivity contribution < 1.29 is 4.79 Å². The molecule has 3 aliphatic heterocycles. The van der Waals surface area contributed by atoms with Gasteiger partial charge in [-0.3, -0.25) is 4.79 Å². The summed E-state index contributed by atoms with van der Waals surface area (Å²) in [6, 6.07) is 27.5. The van der Waals surface area contributed by atoms with Gasteiger partial charge in [-0.25, -0.2) is 4.98 Å². The van der Waals surface area contributed by atoms with Crippen LogP contribution >= 0.6 is 0 Å². The van der Waals surface area contributed by atoms with E-state index in [2.05, 4.69) is 124 Å². The molecule has 0 spiro atoms. The number of amides is 1. The first-order valence-electron chi connectivity index (χ1n) is 16.8. The van der Waals surface area contributed by atoms with Gasteiger partial charge in [0, 0.05) is 11.4 Å². The largest absolute Gasteiger partial charge is 0.357 e. The molecule has 0 saturated carbocycles. The molecule has 3 fully saturated rings. The van der Waals surface area contributed by atoms with E-state index in [0.717, 1.165) is 68.0 Å². The summed E-state index contributed by atoms with van der Waals surface area (Å²) in [6.45, 7) is 8.77. The summed E-state index contributed by atoms with van der Waals surface area (Å²) in [4.78, 5) is 23.5. The fourth-order valence-electron chi connectivity index (χ4n) is 7.35. The molecule has 45 heavy (non-hydrogen) atoms. The molecule has 3 saturated heterocycles. The molecular formula is C38H46N6O. The monoisotopic (exact) mass is 602 g/mol. The topological polar surface area (TPSA) is 85.1 Å². The molecule has 4 heterocycles. The predicted octanol–water partition coefficient (Wildman–Crippen LogP) is 7.57. The molecule has 7 rings (SSSR count). The van der Waals surface area contributed by atoms with E-state index in [1.54, 1.807) is 0 Å². The van der Waals surface area contributed by atoms with Crippen LogP contribution in [0.2, 0.25) is 0 Å². The van der Waals surface area contributed by atoms with Crippen molar-refractivity contribution >= 4 is 17.3 Å². The number of carbonyl (C=O) groups excluding carboxylic acids is 1. The van der Waals surface area contributed by atoms with Crippen molar-refractivity contribution in [3.63, 3.8) is 0 Å². The average molecular weight is 603 g/mol. The summed E-state index contributed by atoms with van der Waals surface area (Å²) >= 11 is 0. The number of hydrogen-bond donors (Lipinski definition) is 4. The van der Waals surface area contributed by atoms with Crippen molar-refractivity contribution in [1.82, 2.24) is 20.6 Å². The lowest BCUT2D eigenvalue weighted by Gasteiger charge is -2.34. The lowest BCUT2D eigenvalue weighted by Crippen LogP contribution is -2.35. The number of nitrogens with zero attached hydrogens (tertiary/aromatic N) is 2. The highest BCUT2D eigenvalue weighted by Gasteiger charge is 2.36. The summed E-state index contributed by atoms with van der Waals surface area (Å²) in [5.41, 5.74) is 8.37. The van der Waals surface area contributed by atoms with Crippen molar-refractivity contribution in [2.45, 2.75) is 88.9 Å². The molecule has 7 nitrogen and oxygen atoms in total. The van der Waals surface area contributed by atoms with Gasteiger partial charge in [0.05, 0.1) is 36.1 Å². The van der Waals surface area contributed by atoms with Crippen LogP contribution in [0.15, 0.2) is 79.0 Å². The van der Waals surface area contributed by atoms with E-state index >= 15 is 0 Å². The lowest BCUT2D eigenvalue weighted by atomic mass is 9.87. The van der Waals surface area contributed by atoms with Gasteiger partial charge in [0.2, 0.25) is 5.91 Å². The second kappa shape index (κ2) is 12.5. The Labute approximate surface area is 267 Å². The Morgan fingerprint density at radius 1 is 0.800 bits per heavy atom. The van der Waals surface area contributed by atoms with Gasteiger partial charge in [0.25, 0.3) is 0 Å². The van der Waals surface area contributed by atoms with E-state index in [0.29, 0.717) is 6.04 Å². The van der Waals surface area contributed by atoms with Gasteiger partial charge in [-0.1, -0.05) is 69.3 Å². The van der Waals surface area contributed by atoms with Crippen LogP contribution in [0, 0.1) is 0 Å². The van der Waals surface area contributed by atoms with Gasteiger partial charge in [-0.2, -0.15) is 0 Å². The molecule has 0 aliphatic carbocycles. The number of hydrogen-bond acceptors (Lipinski definition) is 5. The van der Waals surface area contributed by atoms with Crippen molar-refractivity contribution in [2.24, 2.45) is 0 Å². The molecule has 1 amide bonds. The van der Waals surface area contributed by atoms with Gasteiger partial charge in [-0.05, 0) is 104 Å². The molecule has 7 heteroatoms. The Hall–Kier alpha value is -3.94. The summed E-state index contributed by atoms with van der Waals surface area (Å²) in [6.07, 6.45) is 8.38. The highest BCUT2D eigenvalue weighted by molar-refractivity contribution is 5.95. The number of imidazole rings is 1. The van der Waals surface area contributed by atoms with E-state index in [4.69, 9.17) is 0 Å². The molecule has 4 aromatic rings. The van der Waals surface area contributed by atoms with Crippen LogP contribution < -0.4 is 20.9 Å². The Kier molecular flexibility index (Phi) is 8.23. The maximum atomic E-state index is 12.7. The van der Waals surface area contributed by atoms with Gasteiger partial charge in [0.1, 0.15) is 5.82 Å². The maximum Gasteiger partial charge on any atom is 0.241 e. The first-order chi connectivity index (χ1) is 21.8. The average Bonchev–Trinajstić information content (AvgIpc) is 3.88. The van der Waals surface area contributed by atoms with Crippen molar-refractivity contribution in [3.05, 3.63) is 102 Å². The number of benzene rings is 3. The molecule has 0 radical (unpaired) electrons. The van der Waals surface area contributed by atoms with Gasteiger partial charge in [0.15, 0.2) is 0 Å². The van der Waals surface area contributed by atoms with Crippen LogP contribution in [0.4, 0.5) is 11.4 Å². The highest BCUT2D eigenvalue weighted by atomic mass is 16.2. The zero-order valence-electron chi connectivity index (χ0n) is 26.8. The molecule has 4 N–H and O–H groups in total. The third-order valence-electron chi connectivity index (χ3n) is 9.95. The van der Waals surface area contributed by atoms with E-state index in [1.807, 2.05) is 6.20 Å². The van der Waals surface area contributed by atoms with E-state index in [-0.39, 0.29) is 29.4 Å². The number of H-pyrrole nitrogens is 1. The second-order valence-electron chi connectivity index (χ2n) is 14.0. The zero-order valence-corrected chi connectivity index (χ0v) is 26.8. The number of aromatic nitrogens is 2. The van der Waals surface area contributed by atoms with Crippen molar-refractivity contribution in [2.75, 3.05) is 23.3 Å². The standard InChI is InChI=1S/C38H46N6O/c1-38(2,3)28-14-18-30(19-15-28)44-34(26-10-8-25(9-11-26)33-24-41-36(43-33)31-6-4-22-39-31)20-21-35(44)27-12-16-29(17-13-27)42-37(45)32-7-5-23-40-32/h8-19,24,31-32,34-35,39-40H,4-7,20-23H2,1-3H3,(H,41,43)(H,42,45)/t31?,32-,34?,35?/m1/s1. The Balaban J connectivity index is 1.14. The maximum absolute atomic E-state index is 12.7. The van der Waals surface area contributed by atoms with Crippen LogP contribution in [0.1, 0.15) is 99.9 Å². The number of aromatic amines is 1. The fourth-order valence-corrected chi connectivity index (χ4v) is 7.35. The number of rotatable bonds is 7. The summed E-state index contributed by atoms with van der Waals surface area (Å²) in [5.74, 6) is 1.10. The third kappa shape index (κ3) is 6.29. The van der Waals surface area contributed by atoms with Gasteiger partial charge >= 0.3 is 0 Å². The number of anilines is 2. The first kappa shape index (κ1) is 29.8. The zero-order chi connectivity index (χ0) is 31.0. The molecule has 3 unspecified atom stereocenters. The van der Waals surface area contributed by atoms with Gasteiger partial charge < -0.3 is 25.8 Å². The Morgan fingerprint density at radius 2 is 1.44 bits per heavy atom. The van der Waals surface area contributed by atoms with Crippen LogP contribution in [-0.2, 0) is 10.2 Å². The minimum absolute atomic E-state index is 0.0618. The first-order valence-corrected chi connectivity index (χ1v) is 16.8. The molecule has 1 aromatic heterocycles. The quantitative estimate of drug-likeness (QED) is 0.175. The molecule has 0 bridgehead atoms. The highest BCUT2D eigenvalue weighted by Crippen LogP contribution is 2.47. The third-order valence-corrected chi connectivity index (χ3v) is 9.95. The molecular weight excluding hydrogens is 556 g/mol. The van der Waals surface area contributed by atoms with Gasteiger partial charge in [-0.15, -0.1) is 0 Å². The molecule has 234 valence electrons. The minimum Gasteiger partial charge on any atom is -0.357 e. The van der Waals surface area contributed by atoms with Crippen molar-refractivity contribution in [1.29, 1.82) is 0 Å². The summed E-state index contributed by atoms with van der Waals surface area (Å²) in [5, 5.41) is 9.94. The Bertz CT molecular complexity index is 1590. The van der Waals surface area contributed by atoms with E-state index in [9.17, 15) is 4.79 Å². The Morgan fingerprint density at radius 3 is 2.04 bits per heavy atom. The fraction of sp³-hybridized carbons (Fsp3) is 0.421. The van der Waals surface area contributed by atoms with E-state index in [1.165, 1.54) is 28.8 Å². The predicted molar refractivity (Wildman–Crippen MR) is 182 cm³/mol. The smallest absolute Gasteiger partial charge is 0.241 e. The number of nitrogens with one attached hydrogen (secondary N) is 4. The SMILES string of the molecule is CC(C)(C)c1ccc(N2C(c3ccc(NC(=O)[C@H]4CCCN4)cc3)CCC2c2ccc(-c3cnc(C4CCCN4)[nH]3)cc2)cc1. The van der Waals surface area contributed by atoms with Crippen LogP contribution in [-0.4, -0.2) is 35.0 Å². The molecule has 3 aliphatic rings. The number of carbonyl (C=O) groups is 1. The van der Waals surface area contributed by atoms with Crippen LogP contribution in [0.25, 0.3) is 11.3 Å². The minimum atomic E-state index is -0.0853. The second-order valence-corrected chi connectivity index (χ2v) is 14.0. The van der Waals surface area contributed by atoms with Crippen LogP contribution in [0.5, 0.6) is 0 Å². The summed E-state index contributed by atoms with van der Waals surface area (Å²) in [7, 11) is 0. The van der Waals surface area contributed by atoms with Crippen LogP contribution in [0.3, 0.4) is 0 Å². The summed E-state index contributed by atoms with van der Waals surface area (Å²) < 4.78 is 0.